The Bertz CT molecular complexity index is 2450. The van der Waals surface area contributed by atoms with Crippen LogP contribution in [0.2, 0.25) is 0 Å². The van der Waals surface area contributed by atoms with E-state index in [0.717, 1.165) is 23.2 Å². The molecule has 3 aliphatic rings. The molecule has 4 aromatic rings. The van der Waals surface area contributed by atoms with Crippen molar-refractivity contribution in [3.63, 3.8) is 0 Å². The number of phosphoric ester groups is 1. The summed E-state index contributed by atoms with van der Waals surface area (Å²) in [6.45, 7) is 0.422. The highest BCUT2D eigenvalue weighted by Crippen LogP contribution is 2.58. The van der Waals surface area contributed by atoms with Gasteiger partial charge < -0.3 is 28.7 Å². The maximum absolute atomic E-state index is 16.8. The van der Waals surface area contributed by atoms with E-state index in [1.807, 2.05) is 4.98 Å². The molecule has 7 rings (SSSR count). The van der Waals surface area contributed by atoms with E-state index >= 15 is 8.78 Å². The van der Waals surface area contributed by atoms with Crippen LogP contribution < -0.4 is 16.6 Å². The standard InChI is InChI=1S/C32H31F2N9O12P2S/c1-36-10-13-49-57(58)51-15-20-25(22(33)31(53-20)43-17-39-24-27(37-16-38-28(24)43)41-29(45)18-6-3-2-4-7-18)54-56(47,48-12-5-9-35)50-14-19-26(55-57)23(34)30(52-19)42-11-8-21(44)40-32(42)46/h2-4,6-8,11,16-17,19-20,22-23,25-26,30-31H,5,10,12-15H2,(H,40,44,46)(H,37,38,41,45)/t19-,20-,22+,23?,25?,26+,30-,31-,56?,57?/m1/s1. The fraction of sp³-hybridized carbons (Fsp3) is 0.438. The number of rotatable bonds is 10. The predicted molar refractivity (Wildman–Crippen MR) is 196 cm³/mol. The maximum atomic E-state index is 16.8. The number of alkyl halides is 2. The Kier molecular flexibility index (Phi) is 12.6. The minimum atomic E-state index is -4.92. The number of hydrogen-bond acceptors (Lipinski definition) is 17. The van der Waals surface area contributed by atoms with Crippen LogP contribution in [-0.2, 0) is 53.0 Å². The molecule has 0 bridgehead atoms. The molecule has 0 radical (unpaired) electrons. The first-order valence-corrected chi connectivity index (χ1v) is 21.2. The topological polar surface area (TPSA) is 247 Å². The van der Waals surface area contributed by atoms with Crippen LogP contribution in [0.3, 0.4) is 0 Å². The zero-order valence-corrected chi connectivity index (χ0v) is 32.3. The van der Waals surface area contributed by atoms with Gasteiger partial charge in [0.1, 0.15) is 37.4 Å². The summed E-state index contributed by atoms with van der Waals surface area (Å²) in [6.07, 6.45) is -11.5. The molecule has 6 heterocycles. The van der Waals surface area contributed by atoms with Gasteiger partial charge in [0.2, 0.25) is 6.54 Å². The summed E-state index contributed by atoms with van der Waals surface area (Å²) in [7, 11) is -4.92. The number of halogens is 2. The lowest BCUT2D eigenvalue weighted by Gasteiger charge is -2.31. The van der Waals surface area contributed by atoms with Crippen LogP contribution in [0.5, 0.6) is 0 Å². The van der Waals surface area contributed by atoms with Gasteiger partial charge in [-0.3, -0.25) is 41.8 Å². The molecule has 10 atom stereocenters. The number of aromatic nitrogens is 6. The molecule has 21 nitrogen and oxygen atoms in total. The molecule has 306 valence electrons. The van der Waals surface area contributed by atoms with Crippen molar-refractivity contribution in [2.45, 2.75) is 55.6 Å². The van der Waals surface area contributed by atoms with Crippen molar-refractivity contribution in [3.05, 3.63) is 93.1 Å². The van der Waals surface area contributed by atoms with Crippen LogP contribution in [0.4, 0.5) is 14.6 Å². The minimum absolute atomic E-state index is 0.00174. The van der Waals surface area contributed by atoms with Gasteiger partial charge in [0, 0.05) is 17.8 Å². The average Bonchev–Trinajstić information content (AvgIpc) is 3.86. The second kappa shape index (κ2) is 17.7. The molecule has 1 amide bonds. The Labute approximate surface area is 330 Å². The summed E-state index contributed by atoms with van der Waals surface area (Å²) in [5, 5.41) is 11.8. The smallest absolute Gasteiger partial charge is 0.346 e. The summed E-state index contributed by atoms with van der Waals surface area (Å²) in [5.41, 5.74) is -1.39. The van der Waals surface area contributed by atoms with E-state index in [9.17, 15) is 18.9 Å². The molecule has 2 N–H and O–H groups in total. The molecule has 3 aliphatic heterocycles. The lowest BCUT2D eigenvalue weighted by molar-refractivity contribution is -0.0670. The number of amides is 1. The fourth-order valence-electron chi connectivity index (χ4n) is 6.11. The zero-order valence-electron chi connectivity index (χ0n) is 29.6. The van der Waals surface area contributed by atoms with E-state index < -0.39 is 101 Å². The number of aromatic amines is 1. The molecular formula is C32H31F2N9O12P2S. The van der Waals surface area contributed by atoms with Gasteiger partial charge in [-0.15, -0.1) is 0 Å². The van der Waals surface area contributed by atoms with Gasteiger partial charge in [0.05, 0.1) is 38.6 Å². The van der Waals surface area contributed by atoms with Gasteiger partial charge in [0.15, 0.2) is 41.8 Å². The summed E-state index contributed by atoms with van der Waals surface area (Å²) in [6, 6.07) is 11.0. The van der Waals surface area contributed by atoms with Crippen molar-refractivity contribution >= 4 is 49.2 Å². The van der Waals surface area contributed by atoms with E-state index in [1.165, 1.54) is 10.9 Å². The predicted octanol–water partition coefficient (Wildman–Crippen LogP) is 3.12. The van der Waals surface area contributed by atoms with Crippen molar-refractivity contribution in [1.29, 1.82) is 5.26 Å². The number of nitrogens with one attached hydrogen (secondary N) is 2. The van der Waals surface area contributed by atoms with Crippen LogP contribution >= 0.6 is 14.5 Å². The number of nitrogens with zero attached hydrogens (tertiary/aromatic N) is 7. The summed E-state index contributed by atoms with van der Waals surface area (Å²) in [5.74, 6) is -0.501. The normalized spacial score (nSPS) is 31.2. The summed E-state index contributed by atoms with van der Waals surface area (Å²) >= 11 is 5.63. The van der Waals surface area contributed by atoms with Gasteiger partial charge in [-0.25, -0.2) is 39.7 Å². The molecular weight excluding hydrogens is 834 g/mol. The van der Waals surface area contributed by atoms with Gasteiger partial charge in [-0.2, -0.15) is 5.26 Å². The van der Waals surface area contributed by atoms with Crippen molar-refractivity contribution in [2.75, 3.05) is 38.3 Å². The number of imidazole rings is 1. The number of fused-ring (bicyclic) bond motifs is 3. The number of H-pyrrole nitrogens is 1. The Balaban J connectivity index is 1.21. The summed E-state index contributed by atoms with van der Waals surface area (Å²) in [4.78, 5) is 55.0. The Hall–Kier alpha value is -4.68. The molecule has 3 saturated heterocycles. The Morgan fingerprint density at radius 1 is 1.02 bits per heavy atom. The number of benzene rings is 1. The first-order chi connectivity index (χ1) is 27.9. The van der Waals surface area contributed by atoms with Crippen molar-refractivity contribution in [1.82, 2.24) is 29.1 Å². The highest BCUT2D eigenvalue weighted by atomic mass is 32.5. The molecule has 0 spiro atoms. The van der Waals surface area contributed by atoms with Crippen LogP contribution in [0, 0.1) is 17.9 Å². The molecule has 3 fully saturated rings. The van der Waals surface area contributed by atoms with Crippen molar-refractivity contribution in [3.8, 4) is 6.07 Å². The lowest BCUT2D eigenvalue weighted by Crippen LogP contribution is -2.38. The van der Waals surface area contributed by atoms with E-state index in [0.29, 0.717) is 5.56 Å². The number of phosphoric acid groups is 1. The third-order valence-corrected chi connectivity index (χ3v) is 12.6. The first kappa shape index (κ1) is 41.5. The number of anilines is 1. The highest BCUT2D eigenvalue weighted by Gasteiger charge is 2.55. The molecule has 3 aromatic heterocycles. The fourth-order valence-corrected chi connectivity index (χ4v) is 9.58. The second-order valence-electron chi connectivity index (χ2n) is 12.5. The Morgan fingerprint density at radius 2 is 1.72 bits per heavy atom. The lowest BCUT2D eigenvalue weighted by atomic mass is 10.1. The maximum Gasteiger partial charge on any atom is 0.475 e. The van der Waals surface area contributed by atoms with Crippen LogP contribution in [-0.4, -0.2) is 105 Å². The quantitative estimate of drug-likeness (QED) is 0.132. The van der Waals surface area contributed by atoms with Gasteiger partial charge in [-0.1, -0.05) is 18.2 Å². The van der Waals surface area contributed by atoms with Crippen LogP contribution in [0.25, 0.3) is 16.0 Å². The molecule has 1 aromatic carbocycles. The van der Waals surface area contributed by atoms with Crippen molar-refractivity contribution in [2.24, 2.45) is 0 Å². The van der Waals surface area contributed by atoms with E-state index in [-0.39, 0.29) is 36.6 Å². The van der Waals surface area contributed by atoms with Crippen LogP contribution in [0.1, 0.15) is 29.2 Å². The molecule has 0 saturated carbocycles. The van der Waals surface area contributed by atoms with E-state index in [2.05, 4.69) is 25.1 Å². The van der Waals surface area contributed by atoms with Crippen molar-refractivity contribution < 1.29 is 54.8 Å². The van der Waals surface area contributed by atoms with Gasteiger partial charge in [-0.05, 0) is 23.9 Å². The number of carbonyl (C=O) groups excluding carboxylic acids is 1. The third kappa shape index (κ3) is 8.83. The number of hydrogen-bond donors (Lipinski definition) is 2. The molecule has 26 heteroatoms. The average molecular weight is 866 g/mol. The van der Waals surface area contributed by atoms with Gasteiger partial charge in [0.25, 0.3) is 11.5 Å². The molecule has 58 heavy (non-hydrogen) atoms. The van der Waals surface area contributed by atoms with Crippen LogP contribution in [0.15, 0.2) is 64.8 Å². The highest BCUT2D eigenvalue weighted by molar-refractivity contribution is 8.07. The molecule has 0 aliphatic carbocycles. The minimum Gasteiger partial charge on any atom is -0.346 e. The number of nitriles is 1. The largest absolute Gasteiger partial charge is 0.475 e. The second-order valence-corrected chi connectivity index (χ2v) is 17.1. The van der Waals surface area contributed by atoms with E-state index in [1.54, 1.807) is 36.4 Å². The summed E-state index contributed by atoms with van der Waals surface area (Å²) < 4.78 is 95.5. The Morgan fingerprint density at radius 3 is 2.43 bits per heavy atom. The first-order valence-electron chi connectivity index (χ1n) is 17.2. The number of ether oxygens (including phenoxy) is 2. The number of carbonyl (C=O) groups is 1. The monoisotopic (exact) mass is 865 g/mol. The van der Waals surface area contributed by atoms with E-state index in [4.69, 9.17) is 60.3 Å². The zero-order chi connectivity index (χ0) is 41.0. The SMILES string of the molecule is [C-]#[N+]CCOP1(=S)OC[C@H]2O[C@@H](n3cnc4c(NC(=O)c5ccccc5)ncnc43)[C@@H](F)C2OP(=O)(OCCC#N)OC[C@H]2O[C@@H](n3ccc(=O)[nH]c3=O)C(F)[C@H]2O1. The molecule has 4 unspecified atom stereocenters. The third-order valence-electron chi connectivity index (χ3n) is 8.77. The van der Waals surface area contributed by atoms with Gasteiger partial charge >= 0.3 is 20.2 Å².